The molecule has 0 spiro atoms. The van der Waals surface area contributed by atoms with Crippen molar-refractivity contribution in [1.82, 2.24) is 14.7 Å². The molecule has 2 amide bonds. The molecule has 0 unspecified atom stereocenters. The zero-order chi connectivity index (χ0) is 25.1. The molecule has 2 fully saturated rings. The van der Waals surface area contributed by atoms with Crippen molar-refractivity contribution < 1.29 is 14.3 Å². The Morgan fingerprint density at radius 3 is 1.97 bits per heavy atom. The molecule has 5 rings (SSSR count). The van der Waals surface area contributed by atoms with E-state index in [1.807, 2.05) is 103 Å². The SMILES string of the molecule is CC(C)Oc1ccccc1-c1ccc(C(=O)N2CC(N3CCN(C(=O)c4ccccc4)CC3)C2)cc1. The fraction of sp³-hybridized carbons (Fsp3) is 0.333. The first-order valence-electron chi connectivity index (χ1n) is 12.7. The van der Waals surface area contributed by atoms with Crippen molar-refractivity contribution in [2.24, 2.45) is 0 Å². The number of rotatable bonds is 6. The molecular formula is C30H33N3O3. The van der Waals surface area contributed by atoms with Gasteiger partial charge in [0, 0.05) is 62.0 Å². The smallest absolute Gasteiger partial charge is 0.253 e. The van der Waals surface area contributed by atoms with E-state index in [1.54, 1.807) is 0 Å². The molecule has 0 bridgehead atoms. The fourth-order valence-electron chi connectivity index (χ4n) is 4.94. The molecule has 2 heterocycles. The average molecular weight is 484 g/mol. The van der Waals surface area contributed by atoms with Crippen molar-refractivity contribution in [3.63, 3.8) is 0 Å². The van der Waals surface area contributed by atoms with Crippen LogP contribution in [-0.4, -0.2) is 77.9 Å². The number of likely N-dealkylation sites (tertiary alicyclic amines) is 1. The number of ether oxygens (including phenoxy) is 1. The molecule has 0 radical (unpaired) electrons. The van der Waals surface area contributed by atoms with Gasteiger partial charge in [-0.3, -0.25) is 14.5 Å². The molecule has 0 atom stereocenters. The molecule has 2 saturated heterocycles. The van der Waals surface area contributed by atoms with Crippen LogP contribution in [0.1, 0.15) is 34.6 Å². The molecule has 2 aliphatic rings. The molecule has 6 nitrogen and oxygen atoms in total. The summed E-state index contributed by atoms with van der Waals surface area (Å²) in [5, 5.41) is 0. The predicted octanol–water partition coefficient (Wildman–Crippen LogP) is 4.42. The van der Waals surface area contributed by atoms with Crippen LogP contribution in [0, 0.1) is 0 Å². The molecule has 0 aliphatic carbocycles. The van der Waals surface area contributed by atoms with E-state index < -0.39 is 0 Å². The second-order valence-corrected chi connectivity index (χ2v) is 9.80. The van der Waals surface area contributed by atoms with Crippen LogP contribution in [-0.2, 0) is 0 Å². The lowest BCUT2D eigenvalue weighted by Gasteiger charge is -2.48. The lowest BCUT2D eigenvalue weighted by Crippen LogP contribution is -2.64. The first-order chi connectivity index (χ1) is 17.5. The first-order valence-corrected chi connectivity index (χ1v) is 12.7. The maximum atomic E-state index is 13.0. The van der Waals surface area contributed by atoms with Gasteiger partial charge < -0.3 is 14.5 Å². The quantitative estimate of drug-likeness (QED) is 0.521. The predicted molar refractivity (Wildman–Crippen MR) is 141 cm³/mol. The normalized spacial score (nSPS) is 16.6. The lowest BCUT2D eigenvalue weighted by molar-refractivity contribution is 0.00854. The zero-order valence-corrected chi connectivity index (χ0v) is 21.0. The van der Waals surface area contributed by atoms with Gasteiger partial charge in [-0.1, -0.05) is 48.5 Å². The summed E-state index contributed by atoms with van der Waals surface area (Å²) in [7, 11) is 0. The van der Waals surface area contributed by atoms with Crippen molar-refractivity contribution in [1.29, 1.82) is 0 Å². The third-order valence-electron chi connectivity index (χ3n) is 6.98. The second kappa shape index (κ2) is 10.5. The Hall–Kier alpha value is -3.64. The number of benzene rings is 3. The third-order valence-corrected chi connectivity index (χ3v) is 6.98. The molecule has 2 aliphatic heterocycles. The van der Waals surface area contributed by atoms with Gasteiger partial charge in [0.2, 0.25) is 0 Å². The summed E-state index contributed by atoms with van der Waals surface area (Å²) in [4.78, 5) is 32.0. The number of carbonyl (C=O) groups excluding carboxylic acids is 2. The Kier molecular flexibility index (Phi) is 7.05. The van der Waals surface area contributed by atoms with Crippen LogP contribution in [0.4, 0.5) is 0 Å². The minimum Gasteiger partial charge on any atom is -0.490 e. The van der Waals surface area contributed by atoms with Crippen molar-refractivity contribution in [2.45, 2.75) is 26.0 Å². The number of para-hydroxylation sites is 1. The van der Waals surface area contributed by atoms with Crippen molar-refractivity contribution in [2.75, 3.05) is 39.3 Å². The summed E-state index contributed by atoms with van der Waals surface area (Å²) in [6, 6.07) is 25.6. The minimum atomic E-state index is 0.0717. The van der Waals surface area contributed by atoms with Gasteiger partial charge in [0.05, 0.1) is 6.10 Å². The van der Waals surface area contributed by atoms with Gasteiger partial charge in [0.1, 0.15) is 5.75 Å². The third kappa shape index (κ3) is 5.14. The van der Waals surface area contributed by atoms with Gasteiger partial charge in [0.15, 0.2) is 0 Å². The number of hydrogen-bond acceptors (Lipinski definition) is 4. The summed E-state index contributed by atoms with van der Waals surface area (Å²) >= 11 is 0. The minimum absolute atomic E-state index is 0.0717. The summed E-state index contributed by atoms with van der Waals surface area (Å²) in [6.45, 7) is 8.64. The summed E-state index contributed by atoms with van der Waals surface area (Å²) < 4.78 is 5.95. The number of hydrogen-bond donors (Lipinski definition) is 0. The van der Waals surface area contributed by atoms with Crippen LogP contribution >= 0.6 is 0 Å². The Labute approximate surface area is 213 Å². The number of carbonyl (C=O) groups is 2. The fourth-order valence-corrected chi connectivity index (χ4v) is 4.94. The maximum absolute atomic E-state index is 13.0. The molecule has 36 heavy (non-hydrogen) atoms. The highest BCUT2D eigenvalue weighted by molar-refractivity contribution is 5.95. The van der Waals surface area contributed by atoms with Crippen LogP contribution in [0.25, 0.3) is 11.1 Å². The number of amides is 2. The van der Waals surface area contributed by atoms with E-state index in [-0.39, 0.29) is 17.9 Å². The topological polar surface area (TPSA) is 53.1 Å². The first kappa shape index (κ1) is 24.1. The van der Waals surface area contributed by atoms with Gasteiger partial charge in [-0.25, -0.2) is 0 Å². The highest BCUT2D eigenvalue weighted by Crippen LogP contribution is 2.31. The molecule has 0 aromatic heterocycles. The van der Waals surface area contributed by atoms with Gasteiger partial charge in [-0.2, -0.15) is 0 Å². The molecule has 0 saturated carbocycles. The van der Waals surface area contributed by atoms with Gasteiger partial charge in [0.25, 0.3) is 11.8 Å². The molecule has 0 N–H and O–H groups in total. The van der Waals surface area contributed by atoms with Crippen LogP contribution in [0.5, 0.6) is 5.75 Å². The van der Waals surface area contributed by atoms with E-state index in [0.29, 0.717) is 11.6 Å². The van der Waals surface area contributed by atoms with Crippen molar-refractivity contribution in [3.8, 4) is 16.9 Å². The Balaban J connectivity index is 1.13. The summed E-state index contributed by atoms with van der Waals surface area (Å²) in [6.07, 6.45) is 0.0960. The van der Waals surface area contributed by atoms with E-state index in [4.69, 9.17) is 4.74 Å². The van der Waals surface area contributed by atoms with E-state index in [2.05, 4.69) is 4.90 Å². The highest BCUT2D eigenvalue weighted by Gasteiger charge is 2.37. The van der Waals surface area contributed by atoms with Crippen molar-refractivity contribution >= 4 is 11.8 Å². The number of piperazine rings is 1. The maximum Gasteiger partial charge on any atom is 0.253 e. The average Bonchev–Trinajstić information content (AvgIpc) is 2.88. The monoisotopic (exact) mass is 483 g/mol. The van der Waals surface area contributed by atoms with Gasteiger partial charge in [-0.15, -0.1) is 0 Å². The van der Waals surface area contributed by atoms with Crippen molar-refractivity contribution in [3.05, 3.63) is 90.0 Å². The Morgan fingerprint density at radius 1 is 0.722 bits per heavy atom. The number of nitrogens with zero attached hydrogens (tertiary/aromatic N) is 3. The second-order valence-electron chi connectivity index (χ2n) is 9.80. The van der Waals surface area contributed by atoms with Crippen LogP contribution in [0.15, 0.2) is 78.9 Å². The zero-order valence-electron chi connectivity index (χ0n) is 21.0. The van der Waals surface area contributed by atoms with E-state index in [9.17, 15) is 9.59 Å². The molecule has 3 aromatic rings. The van der Waals surface area contributed by atoms with Crippen LogP contribution in [0.3, 0.4) is 0 Å². The lowest BCUT2D eigenvalue weighted by atomic mass is 10.0. The van der Waals surface area contributed by atoms with E-state index in [1.165, 1.54) is 0 Å². The largest absolute Gasteiger partial charge is 0.490 e. The summed E-state index contributed by atoms with van der Waals surface area (Å²) in [5.41, 5.74) is 3.51. The standard InChI is InChI=1S/C30H33N3O3/c1-22(2)36-28-11-7-6-10-27(28)23-12-14-25(15-13-23)30(35)33-20-26(21-33)31-16-18-32(19-17-31)29(34)24-8-4-3-5-9-24/h3-15,22,26H,16-21H2,1-2H3. The Bertz CT molecular complexity index is 1200. The highest BCUT2D eigenvalue weighted by atomic mass is 16.5. The molecule has 186 valence electrons. The Morgan fingerprint density at radius 2 is 1.31 bits per heavy atom. The molecule has 3 aromatic carbocycles. The van der Waals surface area contributed by atoms with Gasteiger partial charge >= 0.3 is 0 Å². The van der Waals surface area contributed by atoms with E-state index >= 15 is 0 Å². The molecule has 6 heteroatoms. The molecular weight excluding hydrogens is 450 g/mol. The van der Waals surface area contributed by atoms with Gasteiger partial charge in [-0.05, 0) is 49.7 Å². The van der Waals surface area contributed by atoms with Crippen LogP contribution < -0.4 is 4.74 Å². The van der Waals surface area contributed by atoms with E-state index in [0.717, 1.165) is 61.7 Å². The summed E-state index contributed by atoms with van der Waals surface area (Å²) in [5.74, 6) is 1.02. The van der Waals surface area contributed by atoms with Crippen LogP contribution in [0.2, 0.25) is 0 Å².